The van der Waals surface area contributed by atoms with Crippen molar-refractivity contribution in [3.8, 4) is 5.75 Å². The molecule has 110 valence electrons. The number of ether oxygens (including phenoxy) is 1. The minimum absolute atomic E-state index is 0.308. The molecule has 0 bridgehead atoms. The van der Waals surface area contributed by atoms with E-state index in [0.717, 1.165) is 5.57 Å². The maximum atomic E-state index is 12.4. The number of benzene rings is 2. The van der Waals surface area contributed by atoms with E-state index in [1.807, 2.05) is 6.92 Å². The first-order valence-electron chi connectivity index (χ1n) is 6.93. The van der Waals surface area contributed by atoms with Crippen LogP contribution in [-0.4, -0.2) is 18.4 Å². The van der Waals surface area contributed by atoms with Crippen LogP contribution in [0.4, 0.5) is 5.69 Å². The van der Waals surface area contributed by atoms with Gasteiger partial charge in [0.1, 0.15) is 12.4 Å². The summed E-state index contributed by atoms with van der Waals surface area (Å²) in [6.07, 6.45) is 0. The van der Waals surface area contributed by atoms with E-state index in [1.54, 1.807) is 48.5 Å². The Morgan fingerprint density at radius 3 is 2.27 bits per heavy atom. The molecule has 0 saturated heterocycles. The second kappa shape index (κ2) is 5.48. The SMILES string of the molecule is C=C(C)COc1cccc(N2C(=O)c3ccccc3C2=O)c1. The molecule has 2 amide bonds. The Bertz CT molecular complexity index is 744. The summed E-state index contributed by atoms with van der Waals surface area (Å²) in [5.74, 6) is -0.0210. The van der Waals surface area contributed by atoms with Crippen molar-refractivity contribution >= 4 is 17.5 Å². The second-order valence-corrected chi connectivity index (χ2v) is 5.23. The molecular weight excluding hydrogens is 278 g/mol. The molecule has 0 aliphatic carbocycles. The van der Waals surface area contributed by atoms with Gasteiger partial charge in [-0.1, -0.05) is 24.8 Å². The fourth-order valence-electron chi connectivity index (χ4n) is 2.34. The molecule has 0 radical (unpaired) electrons. The van der Waals surface area contributed by atoms with Crippen molar-refractivity contribution in [1.29, 1.82) is 0 Å². The molecule has 0 aromatic heterocycles. The van der Waals surface area contributed by atoms with Crippen LogP contribution >= 0.6 is 0 Å². The molecule has 4 heteroatoms. The molecule has 0 N–H and O–H groups in total. The average molecular weight is 293 g/mol. The summed E-state index contributed by atoms with van der Waals surface area (Å²) in [5.41, 5.74) is 2.26. The molecule has 2 aromatic carbocycles. The molecule has 0 spiro atoms. The summed E-state index contributed by atoms with van der Waals surface area (Å²) in [7, 11) is 0. The molecule has 3 rings (SSSR count). The maximum absolute atomic E-state index is 12.4. The predicted octanol–water partition coefficient (Wildman–Crippen LogP) is 3.44. The summed E-state index contributed by atoms with van der Waals surface area (Å²) in [4.78, 5) is 26.0. The predicted molar refractivity (Wildman–Crippen MR) is 84.3 cm³/mol. The number of anilines is 1. The summed E-state index contributed by atoms with van der Waals surface area (Å²) in [6, 6.07) is 13.8. The average Bonchev–Trinajstić information content (AvgIpc) is 2.78. The Hall–Kier alpha value is -2.88. The third kappa shape index (κ3) is 2.39. The van der Waals surface area contributed by atoms with Crippen LogP contribution < -0.4 is 9.64 Å². The summed E-state index contributed by atoms with van der Waals surface area (Å²) >= 11 is 0. The topological polar surface area (TPSA) is 46.6 Å². The van der Waals surface area contributed by atoms with Crippen LogP contribution in [0, 0.1) is 0 Å². The normalized spacial score (nSPS) is 13.2. The lowest BCUT2D eigenvalue weighted by molar-refractivity contribution is 0.0926. The van der Waals surface area contributed by atoms with Crippen molar-refractivity contribution < 1.29 is 14.3 Å². The van der Waals surface area contributed by atoms with Crippen LogP contribution in [0.25, 0.3) is 0 Å². The number of carbonyl (C=O) groups excluding carboxylic acids is 2. The van der Waals surface area contributed by atoms with Gasteiger partial charge in [-0.05, 0) is 36.8 Å². The monoisotopic (exact) mass is 293 g/mol. The lowest BCUT2D eigenvalue weighted by Gasteiger charge is -2.15. The van der Waals surface area contributed by atoms with Gasteiger partial charge in [-0.3, -0.25) is 9.59 Å². The molecule has 4 nitrogen and oxygen atoms in total. The first-order valence-corrected chi connectivity index (χ1v) is 6.93. The van der Waals surface area contributed by atoms with Crippen molar-refractivity contribution in [2.24, 2.45) is 0 Å². The third-order valence-corrected chi connectivity index (χ3v) is 3.36. The second-order valence-electron chi connectivity index (χ2n) is 5.23. The minimum atomic E-state index is -0.308. The fraction of sp³-hybridized carbons (Fsp3) is 0.111. The Morgan fingerprint density at radius 1 is 1.05 bits per heavy atom. The van der Waals surface area contributed by atoms with Gasteiger partial charge in [-0.25, -0.2) is 4.90 Å². The van der Waals surface area contributed by atoms with Crippen LogP contribution in [0.5, 0.6) is 5.75 Å². The number of rotatable bonds is 4. The van der Waals surface area contributed by atoms with Crippen molar-refractivity contribution in [3.63, 3.8) is 0 Å². The van der Waals surface area contributed by atoms with Crippen molar-refractivity contribution in [1.82, 2.24) is 0 Å². The molecule has 0 atom stereocenters. The highest BCUT2D eigenvalue weighted by atomic mass is 16.5. The standard InChI is InChI=1S/C18H15NO3/c1-12(2)11-22-14-7-5-6-13(10-14)19-17(20)15-8-3-4-9-16(15)18(19)21/h3-10H,1,11H2,2H3. The zero-order valence-electron chi connectivity index (χ0n) is 12.2. The lowest BCUT2D eigenvalue weighted by atomic mass is 10.1. The van der Waals surface area contributed by atoms with E-state index in [-0.39, 0.29) is 11.8 Å². The quantitative estimate of drug-likeness (QED) is 0.641. The number of hydrogen-bond donors (Lipinski definition) is 0. The van der Waals surface area contributed by atoms with Crippen LogP contribution in [-0.2, 0) is 0 Å². The maximum Gasteiger partial charge on any atom is 0.266 e. The molecule has 2 aromatic rings. The first kappa shape index (κ1) is 14.1. The summed E-state index contributed by atoms with van der Waals surface area (Å²) < 4.78 is 5.57. The Morgan fingerprint density at radius 2 is 1.68 bits per heavy atom. The largest absolute Gasteiger partial charge is 0.489 e. The highest BCUT2D eigenvalue weighted by Gasteiger charge is 2.36. The van der Waals surface area contributed by atoms with Gasteiger partial charge in [-0.15, -0.1) is 0 Å². The lowest BCUT2D eigenvalue weighted by Crippen LogP contribution is -2.29. The summed E-state index contributed by atoms with van der Waals surface area (Å²) in [6.45, 7) is 6.04. The molecule has 0 unspecified atom stereocenters. The van der Waals surface area contributed by atoms with Gasteiger partial charge in [-0.2, -0.15) is 0 Å². The number of nitrogens with zero attached hydrogens (tertiary/aromatic N) is 1. The Kier molecular flexibility index (Phi) is 3.51. The highest BCUT2D eigenvalue weighted by molar-refractivity contribution is 6.34. The zero-order valence-corrected chi connectivity index (χ0v) is 12.2. The van der Waals surface area contributed by atoms with E-state index in [2.05, 4.69) is 6.58 Å². The Labute approximate surface area is 128 Å². The molecule has 1 aliphatic heterocycles. The number of imide groups is 1. The first-order chi connectivity index (χ1) is 10.6. The van der Waals surface area contributed by atoms with Crippen LogP contribution in [0.3, 0.4) is 0 Å². The van der Waals surface area contributed by atoms with Gasteiger partial charge in [0.2, 0.25) is 0 Å². The van der Waals surface area contributed by atoms with E-state index < -0.39 is 0 Å². The smallest absolute Gasteiger partial charge is 0.266 e. The van der Waals surface area contributed by atoms with E-state index in [0.29, 0.717) is 29.2 Å². The molecular formula is C18H15NO3. The van der Waals surface area contributed by atoms with Gasteiger partial charge in [0.15, 0.2) is 0 Å². The highest BCUT2D eigenvalue weighted by Crippen LogP contribution is 2.30. The van der Waals surface area contributed by atoms with Gasteiger partial charge in [0, 0.05) is 6.07 Å². The van der Waals surface area contributed by atoms with Crippen molar-refractivity contribution in [2.45, 2.75) is 6.92 Å². The number of fused-ring (bicyclic) bond motifs is 1. The number of amides is 2. The van der Waals surface area contributed by atoms with Crippen LogP contribution in [0.1, 0.15) is 27.6 Å². The van der Waals surface area contributed by atoms with Gasteiger partial charge >= 0.3 is 0 Å². The van der Waals surface area contributed by atoms with E-state index >= 15 is 0 Å². The van der Waals surface area contributed by atoms with E-state index in [9.17, 15) is 9.59 Å². The van der Waals surface area contributed by atoms with Gasteiger partial charge in [0.05, 0.1) is 16.8 Å². The molecule has 0 saturated carbocycles. The molecule has 1 aliphatic rings. The third-order valence-electron chi connectivity index (χ3n) is 3.36. The Balaban J connectivity index is 1.92. The summed E-state index contributed by atoms with van der Waals surface area (Å²) in [5, 5.41) is 0. The zero-order chi connectivity index (χ0) is 15.7. The van der Waals surface area contributed by atoms with Crippen LogP contribution in [0.15, 0.2) is 60.7 Å². The van der Waals surface area contributed by atoms with Gasteiger partial charge < -0.3 is 4.74 Å². The fourth-order valence-corrected chi connectivity index (χ4v) is 2.34. The van der Waals surface area contributed by atoms with Crippen molar-refractivity contribution in [3.05, 3.63) is 71.8 Å². The molecule has 0 fully saturated rings. The van der Waals surface area contributed by atoms with Crippen molar-refractivity contribution in [2.75, 3.05) is 11.5 Å². The molecule has 22 heavy (non-hydrogen) atoms. The van der Waals surface area contributed by atoms with Gasteiger partial charge in [0.25, 0.3) is 11.8 Å². The van der Waals surface area contributed by atoms with E-state index in [4.69, 9.17) is 4.74 Å². The number of carbonyl (C=O) groups is 2. The molecule has 1 heterocycles. The van der Waals surface area contributed by atoms with Crippen LogP contribution in [0.2, 0.25) is 0 Å². The van der Waals surface area contributed by atoms with E-state index in [1.165, 1.54) is 4.90 Å². The minimum Gasteiger partial charge on any atom is -0.489 e. The number of hydrogen-bond acceptors (Lipinski definition) is 3.